The minimum Gasteiger partial charge on any atom is -0.259 e. The van der Waals surface area contributed by atoms with Crippen molar-refractivity contribution in [3.8, 4) is 0 Å². The second-order valence-corrected chi connectivity index (χ2v) is 5.34. The number of nitrogens with zero attached hydrogens (tertiary/aromatic N) is 2. The van der Waals surface area contributed by atoms with Crippen LogP contribution in [0.4, 0.5) is 0 Å². The maximum Gasteiger partial charge on any atom is 0.0921 e. The number of hydrogen-bond acceptors (Lipinski definition) is 2. The van der Waals surface area contributed by atoms with Gasteiger partial charge in [0, 0.05) is 24.2 Å². The summed E-state index contributed by atoms with van der Waals surface area (Å²) in [4.78, 5) is 9.11. The highest BCUT2D eigenvalue weighted by Crippen LogP contribution is 2.21. The van der Waals surface area contributed by atoms with Crippen LogP contribution in [0.5, 0.6) is 0 Å². The Kier molecular flexibility index (Phi) is 3.53. The summed E-state index contributed by atoms with van der Waals surface area (Å²) in [5, 5.41) is 1.11. The summed E-state index contributed by atoms with van der Waals surface area (Å²) in [6.07, 6.45) is 6.34. The molecule has 0 atom stereocenters. The van der Waals surface area contributed by atoms with Gasteiger partial charge in [0.15, 0.2) is 0 Å². The molecular weight excluding hydrogens is 256 g/mol. The summed E-state index contributed by atoms with van der Waals surface area (Å²) in [5.41, 5.74) is 6.99. The Morgan fingerprint density at radius 3 is 2.81 bits per heavy atom. The zero-order valence-corrected chi connectivity index (χ0v) is 12.4. The normalized spacial score (nSPS) is 10.8. The molecule has 0 spiro atoms. The van der Waals surface area contributed by atoms with Crippen LogP contribution >= 0.6 is 0 Å². The fourth-order valence-electron chi connectivity index (χ4n) is 2.56. The smallest absolute Gasteiger partial charge is 0.0921 e. The van der Waals surface area contributed by atoms with Gasteiger partial charge in [-0.1, -0.05) is 30.9 Å². The van der Waals surface area contributed by atoms with Crippen molar-refractivity contribution in [3.63, 3.8) is 0 Å². The summed E-state index contributed by atoms with van der Waals surface area (Å²) < 4.78 is 0. The van der Waals surface area contributed by atoms with Gasteiger partial charge < -0.3 is 0 Å². The van der Waals surface area contributed by atoms with Gasteiger partial charge in [0.1, 0.15) is 0 Å². The first-order valence-corrected chi connectivity index (χ1v) is 7.10. The van der Waals surface area contributed by atoms with Crippen LogP contribution in [0.25, 0.3) is 17.0 Å². The molecule has 0 fully saturated rings. The molecule has 2 heteroatoms. The molecule has 0 saturated heterocycles. The van der Waals surface area contributed by atoms with E-state index in [-0.39, 0.29) is 0 Å². The Morgan fingerprint density at radius 2 is 2.00 bits per heavy atom. The second-order valence-electron chi connectivity index (χ2n) is 5.34. The van der Waals surface area contributed by atoms with Gasteiger partial charge in [-0.25, -0.2) is 0 Å². The molecule has 0 radical (unpaired) electrons. The van der Waals surface area contributed by atoms with Crippen LogP contribution in [0, 0.1) is 13.8 Å². The van der Waals surface area contributed by atoms with Gasteiger partial charge in [-0.15, -0.1) is 0 Å². The van der Waals surface area contributed by atoms with E-state index in [1.54, 1.807) is 0 Å². The van der Waals surface area contributed by atoms with Crippen LogP contribution in [-0.4, -0.2) is 9.97 Å². The third-order valence-electron chi connectivity index (χ3n) is 4.01. The molecule has 0 N–H and O–H groups in total. The molecule has 0 saturated carbocycles. The van der Waals surface area contributed by atoms with Gasteiger partial charge in [0.2, 0.25) is 0 Å². The first-order chi connectivity index (χ1) is 10.2. The molecule has 0 aliphatic rings. The van der Waals surface area contributed by atoms with E-state index in [0.29, 0.717) is 0 Å². The van der Waals surface area contributed by atoms with Crippen molar-refractivity contribution in [1.29, 1.82) is 0 Å². The zero-order valence-electron chi connectivity index (χ0n) is 12.4. The van der Waals surface area contributed by atoms with E-state index in [9.17, 15) is 0 Å². The molecule has 1 aromatic carbocycles. The van der Waals surface area contributed by atoms with Gasteiger partial charge in [-0.05, 0) is 48.2 Å². The second kappa shape index (κ2) is 5.49. The predicted molar refractivity (Wildman–Crippen MR) is 88.4 cm³/mol. The van der Waals surface area contributed by atoms with E-state index >= 15 is 0 Å². The van der Waals surface area contributed by atoms with Gasteiger partial charge in [-0.3, -0.25) is 9.97 Å². The monoisotopic (exact) mass is 274 g/mol. The third-order valence-corrected chi connectivity index (χ3v) is 4.01. The number of rotatable bonds is 3. The lowest BCUT2D eigenvalue weighted by Gasteiger charge is -2.10. The molecule has 0 amide bonds. The van der Waals surface area contributed by atoms with Crippen molar-refractivity contribution in [2.45, 2.75) is 20.3 Å². The lowest BCUT2D eigenvalue weighted by molar-refractivity contribution is 1.06. The van der Waals surface area contributed by atoms with Crippen molar-refractivity contribution >= 4 is 17.0 Å². The Bertz CT molecular complexity index is 819. The average molecular weight is 274 g/mol. The number of aryl methyl sites for hydroxylation is 1. The van der Waals surface area contributed by atoms with Gasteiger partial charge in [-0.2, -0.15) is 0 Å². The van der Waals surface area contributed by atoms with Crippen molar-refractivity contribution in [2.75, 3.05) is 0 Å². The lowest BCUT2D eigenvalue weighted by Crippen LogP contribution is -1.98. The first-order valence-electron chi connectivity index (χ1n) is 7.10. The molecule has 0 bridgehead atoms. The maximum absolute atomic E-state index is 4.57. The maximum atomic E-state index is 4.57. The molecule has 104 valence electrons. The van der Waals surface area contributed by atoms with Crippen LogP contribution in [0.15, 0.2) is 49.3 Å². The minimum absolute atomic E-state index is 0.811. The molecule has 3 aromatic rings. The van der Waals surface area contributed by atoms with Crippen molar-refractivity contribution in [1.82, 2.24) is 9.97 Å². The molecule has 0 aliphatic heterocycles. The van der Waals surface area contributed by atoms with E-state index in [1.807, 2.05) is 24.5 Å². The van der Waals surface area contributed by atoms with Crippen molar-refractivity contribution in [2.24, 2.45) is 0 Å². The van der Waals surface area contributed by atoms with Crippen LogP contribution < -0.4 is 0 Å². The fourth-order valence-corrected chi connectivity index (χ4v) is 2.56. The van der Waals surface area contributed by atoms with Gasteiger partial charge >= 0.3 is 0 Å². The Morgan fingerprint density at radius 1 is 1.14 bits per heavy atom. The number of fused-ring (bicyclic) bond motifs is 1. The molecular formula is C19H18N2. The van der Waals surface area contributed by atoms with E-state index in [4.69, 9.17) is 0 Å². The van der Waals surface area contributed by atoms with E-state index < -0.39 is 0 Å². The number of hydrogen-bond donors (Lipinski definition) is 0. The third kappa shape index (κ3) is 2.57. The summed E-state index contributed by atoms with van der Waals surface area (Å²) in [6.45, 7) is 8.10. The number of benzene rings is 1. The van der Waals surface area contributed by atoms with E-state index in [1.165, 1.54) is 16.7 Å². The molecule has 2 nitrogen and oxygen atoms in total. The standard InChI is InChI=1S/C19H18N2/c1-4-15-10-17-8-9-20-18(19(17)21-12-15)11-16-7-5-6-13(2)14(16)3/h4-10,12H,1,11H2,2-3H3. The molecule has 0 aliphatic carbocycles. The van der Waals surface area contributed by atoms with E-state index in [0.717, 1.165) is 28.6 Å². The summed E-state index contributed by atoms with van der Waals surface area (Å²) >= 11 is 0. The highest BCUT2D eigenvalue weighted by atomic mass is 14.7. The van der Waals surface area contributed by atoms with Crippen LogP contribution in [-0.2, 0) is 6.42 Å². The molecule has 3 rings (SSSR count). The average Bonchev–Trinajstić information content (AvgIpc) is 2.51. The summed E-state index contributed by atoms with van der Waals surface area (Å²) in [7, 11) is 0. The Hall–Kier alpha value is -2.48. The minimum atomic E-state index is 0.811. The fraction of sp³-hybridized carbons (Fsp3) is 0.158. The molecule has 2 heterocycles. The highest BCUT2D eigenvalue weighted by Gasteiger charge is 2.08. The van der Waals surface area contributed by atoms with Gasteiger partial charge in [0.05, 0.1) is 11.2 Å². The molecule has 2 aromatic heterocycles. The number of pyridine rings is 2. The zero-order chi connectivity index (χ0) is 14.8. The van der Waals surface area contributed by atoms with Crippen LogP contribution in [0.2, 0.25) is 0 Å². The van der Waals surface area contributed by atoms with Crippen LogP contribution in [0.1, 0.15) is 27.9 Å². The summed E-state index contributed by atoms with van der Waals surface area (Å²) in [5.74, 6) is 0. The topological polar surface area (TPSA) is 25.8 Å². The first kappa shape index (κ1) is 13.5. The highest BCUT2D eigenvalue weighted by molar-refractivity contribution is 5.82. The van der Waals surface area contributed by atoms with Crippen LogP contribution in [0.3, 0.4) is 0 Å². The molecule has 21 heavy (non-hydrogen) atoms. The van der Waals surface area contributed by atoms with Crippen molar-refractivity contribution < 1.29 is 0 Å². The van der Waals surface area contributed by atoms with Gasteiger partial charge in [0.25, 0.3) is 0 Å². The summed E-state index contributed by atoms with van der Waals surface area (Å²) in [6, 6.07) is 10.5. The Labute approximate surface area is 125 Å². The SMILES string of the molecule is C=Cc1cnc2c(Cc3cccc(C)c3C)nccc2c1. The quantitative estimate of drug-likeness (QED) is 0.703. The number of aromatic nitrogens is 2. The van der Waals surface area contributed by atoms with Crippen molar-refractivity contribution in [3.05, 3.63) is 77.3 Å². The largest absolute Gasteiger partial charge is 0.259 e. The lowest BCUT2D eigenvalue weighted by atomic mass is 9.98. The molecule has 0 unspecified atom stereocenters. The predicted octanol–water partition coefficient (Wildman–Crippen LogP) is 4.48. The van der Waals surface area contributed by atoms with E-state index in [2.05, 4.69) is 54.7 Å². The Balaban J connectivity index is 2.08.